The van der Waals surface area contributed by atoms with Crippen LogP contribution in [0.15, 0.2) is 34.2 Å². The van der Waals surface area contributed by atoms with Gasteiger partial charge in [0.05, 0.1) is 19.7 Å². The average molecular weight is 384 g/mol. The fourth-order valence-corrected chi connectivity index (χ4v) is 2.20. The van der Waals surface area contributed by atoms with E-state index in [0.717, 1.165) is 0 Å². The van der Waals surface area contributed by atoms with Gasteiger partial charge in [0.25, 0.3) is 5.56 Å². The smallest absolute Gasteiger partial charge is 0.387 e. The van der Waals surface area contributed by atoms with E-state index in [-0.39, 0.29) is 22.7 Å². The first-order chi connectivity index (χ1) is 12.4. The van der Waals surface area contributed by atoms with Crippen LogP contribution in [-0.2, 0) is 11.2 Å². The minimum atomic E-state index is -2.97. The summed E-state index contributed by atoms with van der Waals surface area (Å²) in [4.78, 5) is 28.1. The fourth-order valence-electron chi connectivity index (χ4n) is 1.96. The van der Waals surface area contributed by atoms with Gasteiger partial charge < -0.3 is 14.5 Å². The number of hydrogen-bond donors (Lipinski definition) is 3. The summed E-state index contributed by atoms with van der Waals surface area (Å²) in [6, 6.07) is 5.39. The molecule has 0 bridgehead atoms. The molecular weight excluding hydrogens is 370 g/mol. The van der Waals surface area contributed by atoms with Crippen LogP contribution in [0.4, 0.5) is 8.78 Å². The minimum Gasteiger partial charge on any atom is -0.493 e. The second kappa shape index (κ2) is 8.85. The van der Waals surface area contributed by atoms with Crippen LogP contribution in [0.1, 0.15) is 11.3 Å². The van der Waals surface area contributed by atoms with Gasteiger partial charge in [0.15, 0.2) is 16.3 Å². The lowest BCUT2D eigenvalue weighted by molar-refractivity contribution is -0.120. The van der Waals surface area contributed by atoms with Crippen LogP contribution in [0.3, 0.4) is 0 Å². The zero-order chi connectivity index (χ0) is 19.1. The van der Waals surface area contributed by atoms with E-state index in [1.54, 1.807) is 0 Å². The molecule has 0 unspecified atom stereocenters. The second-order valence-corrected chi connectivity index (χ2v) is 5.28. The van der Waals surface area contributed by atoms with Gasteiger partial charge in [-0.25, -0.2) is 5.43 Å². The molecule has 138 valence electrons. The molecule has 0 fully saturated rings. The molecule has 1 heterocycles. The molecule has 0 atom stereocenters. The maximum Gasteiger partial charge on any atom is 0.387 e. The highest BCUT2D eigenvalue weighted by Gasteiger charge is 2.10. The van der Waals surface area contributed by atoms with Crippen molar-refractivity contribution in [3.8, 4) is 11.5 Å². The molecule has 1 amide bonds. The second-order valence-electron chi connectivity index (χ2n) is 4.87. The summed E-state index contributed by atoms with van der Waals surface area (Å²) in [5, 5.41) is 3.75. The average Bonchev–Trinajstić information content (AvgIpc) is 2.54. The third-order valence-electron chi connectivity index (χ3n) is 2.97. The Kier molecular flexibility index (Phi) is 6.55. The van der Waals surface area contributed by atoms with Gasteiger partial charge in [0.1, 0.15) is 0 Å². The molecule has 0 aliphatic carbocycles. The summed E-state index contributed by atoms with van der Waals surface area (Å²) in [6.45, 7) is -2.97. The number of aromatic amines is 2. The highest BCUT2D eigenvalue weighted by Crippen LogP contribution is 2.28. The van der Waals surface area contributed by atoms with Gasteiger partial charge in [-0.05, 0) is 36.0 Å². The molecule has 11 heteroatoms. The molecule has 1 aromatic carbocycles. The Morgan fingerprint density at radius 3 is 2.77 bits per heavy atom. The molecule has 8 nitrogen and oxygen atoms in total. The van der Waals surface area contributed by atoms with Gasteiger partial charge >= 0.3 is 6.61 Å². The topological polar surface area (TPSA) is 109 Å². The van der Waals surface area contributed by atoms with Crippen molar-refractivity contribution >= 4 is 24.3 Å². The first kappa shape index (κ1) is 19.2. The molecular formula is C15H14F2N4O4S. The Hall–Kier alpha value is -3.08. The van der Waals surface area contributed by atoms with Crippen molar-refractivity contribution in [3.63, 3.8) is 0 Å². The lowest BCUT2D eigenvalue weighted by Gasteiger charge is -2.09. The predicted octanol–water partition coefficient (Wildman–Crippen LogP) is 1.74. The van der Waals surface area contributed by atoms with Crippen LogP contribution in [0.2, 0.25) is 0 Å². The van der Waals surface area contributed by atoms with Crippen LogP contribution in [0, 0.1) is 4.77 Å². The Bertz CT molecular complexity index is 898. The SMILES string of the molecule is COc1cc(/C=N\NC(=O)Cc2cc(=O)[nH]c(=S)[nH]2)ccc1OC(F)F. The third kappa shape index (κ3) is 5.77. The lowest BCUT2D eigenvalue weighted by atomic mass is 10.2. The number of carbonyl (C=O) groups excluding carboxylic acids is 1. The van der Waals surface area contributed by atoms with Gasteiger partial charge in [-0.2, -0.15) is 13.9 Å². The van der Waals surface area contributed by atoms with Crippen LogP contribution < -0.4 is 20.5 Å². The zero-order valence-electron chi connectivity index (χ0n) is 13.4. The van der Waals surface area contributed by atoms with Crippen LogP contribution in [0.5, 0.6) is 11.5 Å². The van der Waals surface area contributed by atoms with Crippen molar-refractivity contribution in [1.82, 2.24) is 15.4 Å². The number of benzene rings is 1. The molecule has 2 aromatic rings. The number of hydrazone groups is 1. The molecule has 2 rings (SSSR count). The molecule has 3 N–H and O–H groups in total. The highest BCUT2D eigenvalue weighted by atomic mass is 32.1. The van der Waals surface area contributed by atoms with E-state index in [1.165, 1.54) is 37.6 Å². The molecule has 0 aliphatic heterocycles. The number of hydrogen-bond acceptors (Lipinski definition) is 6. The number of halogens is 2. The Labute approximate surface area is 150 Å². The lowest BCUT2D eigenvalue weighted by Crippen LogP contribution is -2.21. The van der Waals surface area contributed by atoms with E-state index in [2.05, 4.69) is 25.2 Å². The van der Waals surface area contributed by atoms with Gasteiger partial charge in [-0.1, -0.05) is 0 Å². The number of rotatable bonds is 7. The number of aromatic nitrogens is 2. The molecule has 1 aromatic heterocycles. The van der Waals surface area contributed by atoms with E-state index >= 15 is 0 Å². The van der Waals surface area contributed by atoms with Crippen molar-refractivity contribution in [1.29, 1.82) is 0 Å². The number of alkyl halides is 2. The molecule has 0 saturated carbocycles. The number of carbonyl (C=O) groups is 1. The molecule has 0 spiro atoms. The fraction of sp³-hybridized carbons (Fsp3) is 0.200. The summed E-state index contributed by atoms with van der Waals surface area (Å²) in [7, 11) is 1.31. The maximum atomic E-state index is 12.3. The summed E-state index contributed by atoms with van der Waals surface area (Å²) in [5.74, 6) is -0.507. The summed E-state index contributed by atoms with van der Waals surface area (Å²) < 4.78 is 33.9. The van der Waals surface area contributed by atoms with E-state index in [4.69, 9.17) is 17.0 Å². The number of methoxy groups -OCH3 is 1. The van der Waals surface area contributed by atoms with E-state index in [1.807, 2.05) is 0 Å². The molecule has 0 saturated heterocycles. The maximum absolute atomic E-state index is 12.3. The Morgan fingerprint density at radius 1 is 1.35 bits per heavy atom. The van der Waals surface area contributed by atoms with Crippen LogP contribution in [-0.4, -0.2) is 35.8 Å². The zero-order valence-corrected chi connectivity index (χ0v) is 14.2. The third-order valence-corrected chi connectivity index (χ3v) is 3.18. The standard InChI is InChI=1S/C15H14F2N4O4S/c1-24-11-4-8(2-3-10(11)25-14(16)17)7-18-21-13(23)6-9-5-12(22)20-15(26)19-9/h2-5,7,14H,6H2,1H3,(H,21,23)(H2,19,20,22,26)/b18-7-. The van der Waals surface area contributed by atoms with Crippen molar-refractivity contribution in [2.24, 2.45) is 5.10 Å². The Morgan fingerprint density at radius 2 is 2.12 bits per heavy atom. The van der Waals surface area contributed by atoms with Gasteiger partial charge in [0, 0.05) is 11.8 Å². The molecule has 26 heavy (non-hydrogen) atoms. The van der Waals surface area contributed by atoms with Crippen molar-refractivity contribution < 1.29 is 23.0 Å². The largest absolute Gasteiger partial charge is 0.493 e. The van der Waals surface area contributed by atoms with Gasteiger partial charge in [-0.15, -0.1) is 0 Å². The van der Waals surface area contributed by atoms with Crippen molar-refractivity contribution in [2.75, 3.05) is 7.11 Å². The van der Waals surface area contributed by atoms with Crippen LogP contribution >= 0.6 is 12.2 Å². The normalized spacial score (nSPS) is 10.9. The highest BCUT2D eigenvalue weighted by molar-refractivity contribution is 7.71. The summed E-state index contributed by atoms with van der Waals surface area (Å²) in [6.07, 6.45) is 1.17. The van der Waals surface area contributed by atoms with E-state index in [0.29, 0.717) is 11.3 Å². The van der Waals surface area contributed by atoms with Gasteiger partial charge in [0.2, 0.25) is 5.91 Å². The molecule has 0 radical (unpaired) electrons. The van der Waals surface area contributed by atoms with Gasteiger partial charge in [-0.3, -0.25) is 14.6 Å². The first-order valence-electron chi connectivity index (χ1n) is 7.14. The van der Waals surface area contributed by atoms with Crippen molar-refractivity contribution in [2.45, 2.75) is 13.0 Å². The van der Waals surface area contributed by atoms with Crippen molar-refractivity contribution in [3.05, 3.63) is 50.6 Å². The molecule has 0 aliphatic rings. The number of amides is 1. The van der Waals surface area contributed by atoms with E-state index in [9.17, 15) is 18.4 Å². The number of nitrogens with zero attached hydrogens (tertiary/aromatic N) is 1. The number of nitrogens with one attached hydrogen (secondary N) is 3. The summed E-state index contributed by atoms with van der Waals surface area (Å²) in [5.41, 5.74) is 2.68. The quantitative estimate of drug-likeness (QED) is 0.383. The van der Waals surface area contributed by atoms with Crippen LogP contribution in [0.25, 0.3) is 0 Å². The summed E-state index contributed by atoms with van der Waals surface area (Å²) >= 11 is 4.81. The number of ether oxygens (including phenoxy) is 2. The minimum absolute atomic E-state index is 0.0941. The predicted molar refractivity (Wildman–Crippen MR) is 91.3 cm³/mol. The number of H-pyrrole nitrogens is 2. The Balaban J connectivity index is 2.00. The monoisotopic (exact) mass is 384 g/mol. The van der Waals surface area contributed by atoms with E-state index < -0.39 is 18.1 Å². The first-order valence-corrected chi connectivity index (χ1v) is 7.55.